The van der Waals surface area contributed by atoms with Crippen LogP contribution in [-0.2, 0) is 11.3 Å². The summed E-state index contributed by atoms with van der Waals surface area (Å²) >= 11 is 6.84. The van der Waals surface area contributed by atoms with E-state index in [1.165, 1.54) is 18.2 Å². The molecule has 0 spiro atoms. The summed E-state index contributed by atoms with van der Waals surface area (Å²) in [6.07, 6.45) is 1.62. The Balaban J connectivity index is 1.54. The first-order valence-electron chi connectivity index (χ1n) is 9.02. The lowest BCUT2D eigenvalue weighted by Gasteiger charge is -2.14. The summed E-state index contributed by atoms with van der Waals surface area (Å²) in [6.45, 7) is -0.218. The molecule has 0 aromatic heterocycles. The van der Waals surface area contributed by atoms with Crippen LogP contribution in [0.2, 0.25) is 5.02 Å². The highest BCUT2D eigenvalue weighted by molar-refractivity contribution is 8.18. The number of hydrogen-bond acceptors (Lipinski definition) is 4. The molecule has 4 rings (SSSR count). The van der Waals surface area contributed by atoms with Crippen molar-refractivity contribution < 1.29 is 18.7 Å². The van der Waals surface area contributed by atoms with E-state index >= 15 is 0 Å². The average molecular weight is 440 g/mol. The summed E-state index contributed by atoms with van der Waals surface area (Å²) in [5.41, 5.74) is 0.818. The Labute approximate surface area is 181 Å². The zero-order valence-corrected chi connectivity index (χ0v) is 17.1. The zero-order chi connectivity index (χ0) is 21.1. The molecule has 0 N–H and O–H groups in total. The van der Waals surface area contributed by atoms with Crippen LogP contribution in [0.4, 0.5) is 9.18 Å². The molecule has 2 amide bonds. The molecule has 1 saturated heterocycles. The molecule has 150 valence electrons. The van der Waals surface area contributed by atoms with Gasteiger partial charge < -0.3 is 4.74 Å². The summed E-state index contributed by atoms with van der Waals surface area (Å²) < 4.78 is 19.9. The van der Waals surface area contributed by atoms with Crippen LogP contribution >= 0.6 is 23.4 Å². The molecule has 1 aliphatic heterocycles. The van der Waals surface area contributed by atoms with Gasteiger partial charge in [0, 0.05) is 10.6 Å². The number of rotatable bonds is 5. The number of carbonyl (C=O) groups is 2. The van der Waals surface area contributed by atoms with E-state index in [1.807, 2.05) is 30.3 Å². The van der Waals surface area contributed by atoms with Gasteiger partial charge in [0.25, 0.3) is 11.1 Å². The van der Waals surface area contributed by atoms with Crippen LogP contribution in [-0.4, -0.2) is 16.0 Å². The number of carbonyl (C=O) groups excluding carboxylic acids is 2. The molecule has 0 bridgehead atoms. The Morgan fingerprint density at radius 1 is 0.967 bits per heavy atom. The number of benzene rings is 3. The molecule has 1 aliphatic rings. The van der Waals surface area contributed by atoms with Crippen LogP contribution in [0.25, 0.3) is 6.08 Å². The lowest BCUT2D eigenvalue weighted by Crippen LogP contribution is -2.28. The summed E-state index contributed by atoms with van der Waals surface area (Å²) in [5.74, 6) is 0.249. The zero-order valence-electron chi connectivity index (χ0n) is 15.5. The fourth-order valence-corrected chi connectivity index (χ4v) is 3.98. The molecular formula is C23H15ClFNO3S. The summed E-state index contributed by atoms with van der Waals surface area (Å²) in [6, 6.07) is 20.7. The number of thioether (sulfide) groups is 1. The number of hydrogen-bond donors (Lipinski definition) is 0. The quantitative estimate of drug-likeness (QED) is 0.425. The van der Waals surface area contributed by atoms with Crippen LogP contribution in [0.5, 0.6) is 11.5 Å². The fourth-order valence-electron chi connectivity index (χ4n) is 2.92. The molecule has 3 aromatic carbocycles. The maximum atomic E-state index is 14.1. The van der Waals surface area contributed by atoms with E-state index in [9.17, 15) is 14.0 Å². The van der Waals surface area contributed by atoms with Gasteiger partial charge in [-0.2, -0.15) is 0 Å². The van der Waals surface area contributed by atoms with Gasteiger partial charge in [0.1, 0.15) is 17.3 Å². The van der Waals surface area contributed by atoms with Crippen molar-refractivity contribution in [3.8, 4) is 11.5 Å². The molecule has 0 atom stereocenters. The fraction of sp³-hybridized carbons (Fsp3) is 0.0435. The van der Waals surface area contributed by atoms with Gasteiger partial charge in [0.05, 0.1) is 11.4 Å². The summed E-state index contributed by atoms with van der Waals surface area (Å²) in [7, 11) is 0. The van der Waals surface area contributed by atoms with E-state index in [-0.39, 0.29) is 22.0 Å². The van der Waals surface area contributed by atoms with Gasteiger partial charge in [-0.1, -0.05) is 48.0 Å². The van der Waals surface area contributed by atoms with Gasteiger partial charge in [-0.25, -0.2) is 4.39 Å². The van der Waals surface area contributed by atoms with Gasteiger partial charge in [-0.15, -0.1) is 0 Å². The van der Waals surface area contributed by atoms with Crippen molar-refractivity contribution >= 4 is 40.6 Å². The first-order valence-corrected chi connectivity index (χ1v) is 10.2. The summed E-state index contributed by atoms with van der Waals surface area (Å²) in [4.78, 5) is 26.3. The number of imide groups is 1. The molecule has 0 saturated carbocycles. The normalized spacial score (nSPS) is 15.1. The van der Waals surface area contributed by atoms with Gasteiger partial charge >= 0.3 is 0 Å². The monoisotopic (exact) mass is 439 g/mol. The lowest BCUT2D eigenvalue weighted by molar-refractivity contribution is -0.123. The van der Waals surface area contributed by atoms with E-state index in [4.69, 9.17) is 16.3 Å². The first-order chi connectivity index (χ1) is 14.5. The third-order valence-electron chi connectivity index (χ3n) is 4.39. The minimum absolute atomic E-state index is 0.112. The van der Waals surface area contributed by atoms with Crippen molar-refractivity contribution in [2.24, 2.45) is 0 Å². The molecule has 0 radical (unpaired) electrons. The van der Waals surface area contributed by atoms with E-state index in [2.05, 4.69) is 0 Å². The van der Waals surface area contributed by atoms with Gasteiger partial charge in [0.15, 0.2) is 0 Å². The number of halogens is 2. The standard InChI is InChI=1S/C23H15ClFNO3S/c24-19-10-5-11-20(25)18(19)14-26-22(27)21(30-23(26)28)13-15-6-4-9-17(12-15)29-16-7-2-1-3-8-16/h1-13H,14H2/b21-13-. The highest BCUT2D eigenvalue weighted by Crippen LogP contribution is 2.35. The van der Waals surface area contributed by atoms with E-state index < -0.39 is 17.0 Å². The van der Waals surface area contributed by atoms with Crippen molar-refractivity contribution in [1.82, 2.24) is 4.90 Å². The van der Waals surface area contributed by atoms with Crippen LogP contribution in [0, 0.1) is 5.82 Å². The minimum Gasteiger partial charge on any atom is -0.457 e. The largest absolute Gasteiger partial charge is 0.457 e. The van der Waals surface area contributed by atoms with Crippen LogP contribution in [0.3, 0.4) is 0 Å². The van der Waals surface area contributed by atoms with Crippen molar-refractivity contribution in [2.75, 3.05) is 0 Å². The highest BCUT2D eigenvalue weighted by Gasteiger charge is 2.35. The van der Waals surface area contributed by atoms with Gasteiger partial charge in [-0.05, 0) is 59.8 Å². The van der Waals surface area contributed by atoms with E-state index in [0.717, 1.165) is 16.7 Å². The lowest BCUT2D eigenvalue weighted by atomic mass is 10.2. The van der Waals surface area contributed by atoms with Crippen molar-refractivity contribution in [1.29, 1.82) is 0 Å². The highest BCUT2D eigenvalue weighted by atomic mass is 35.5. The smallest absolute Gasteiger partial charge is 0.293 e. The second kappa shape index (κ2) is 8.73. The summed E-state index contributed by atoms with van der Waals surface area (Å²) in [5, 5.41) is -0.300. The Kier molecular flexibility index (Phi) is 5.88. The first kappa shape index (κ1) is 20.2. The maximum absolute atomic E-state index is 14.1. The predicted octanol–water partition coefficient (Wildman–Crippen LogP) is 6.51. The van der Waals surface area contributed by atoms with Crippen LogP contribution < -0.4 is 4.74 Å². The molecule has 3 aromatic rings. The van der Waals surface area contributed by atoms with Crippen molar-refractivity contribution in [3.63, 3.8) is 0 Å². The Morgan fingerprint density at radius 3 is 2.47 bits per heavy atom. The topological polar surface area (TPSA) is 46.6 Å². The van der Waals surface area contributed by atoms with Crippen molar-refractivity contribution in [3.05, 3.63) is 99.7 Å². The second-order valence-electron chi connectivity index (χ2n) is 6.46. The number of nitrogens with zero attached hydrogens (tertiary/aromatic N) is 1. The average Bonchev–Trinajstić information content (AvgIpc) is 2.99. The molecular weight excluding hydrogens is 425 g/mol. The SMILES string of the molecule is O=C1S/C(=C\c2cccc(Oc3ccccc3)c2)C(=O)N1Cc1c(F)cccc1Cl. The van der Waals surface area contributed by atoms with Crippen LogP contribution in [0.1, 0.15) is 11.1 Å². The second-order valence-corrected chi connectivity index (χ2v) is 7.86. The number of amides is 2. The third kappa shape index (κ3) is 4.40. The molecule has 0 aliphatic carbocycles. The van der Waals surface area contributed by atoms with E-state index in [0.29, 0.717) is 17.1 Å². The minimum atomic E-state index is -0.559. The van der Waals surface area contributed by atoms with Crippen LogP contribution in [0.15, 0.2) is 77.7 Å². The third-order valence-corrected chi connectivity index (χ3v) is 5.65. The molecule has 30 heavy (non-hydrogen) atoms. The maximum Gasteiger partial charge on any atom is 0.293 e. The Hall–Kier alpha value is -3.09. The molecule has 1 fully saturated rings. The predicted molar refractivity (Wildman–Crippen MR) is 116 cm³/mol. The van der Waals surface area contributed by atoms with Crippen molar-refractivity contribution in [2.45, 2.75) is 6.54 Å². The van der Waals surface area contributed by atoms with Gasteiger partial charge in [-0.3, -0.25) is 14.5 Å². The molecule has 1 heterocycles. The molecule has 4 nitrogen and oxygen atoms in total. The molecule has 0 unspecified atom stereocenters. The van der Waals surface area contributed by atoms with Gasteiger partial charge in [0.2, 0.25) is 0 Å². The Morgan fingerprint density at radius 2 is 1.70 bits per heavy atom. The number of para-hydroxylation sites is 1. The van der Waals surface area contributed by atoms with E-state index in [1.54, 1.807) is 30.3 Å². The molecule has 7 heteroatoms. The Bertz CT molecular complexity index is 1130. The number of ether oxygens (including phenoxy) is 1.